The van der Waals surface area contributed by atoms with Gasteiger partial charge in [-0.05, 0) is 6.92 Å². The topological polar surface area (TPSA) is 43.1 Å². The first-order chi connectivity index (χ1) is 5.91. The number of carbonyl (C=O) groups is 1. The van der Waals surface area contributed by atoms with Gasteiger partial charge in [-0.15, -0.1) is 0 Å². The van der Waals surface area contributed by atoms with Crippen molar-refractivity contribution < 1.29 is 9.32 Å². The molecule has 72 valence electrons. The van der Waals surface area contributed by atoms with Crippen LogP contribution in [0.4, 0.5) is 0 Å². The van der Waals surface area contributed by atoms with Gasteiger partial charge in [-0.25, -0.2) is 0 Å². The number of carbonyl (C=O) groups excluding carboxylic acids is 1. The van der Waals surface area contributed by atoms with E-state index in [0.717, 1.165) is 11.3 Å². The lowest BCUT2D eigenvalue weighted by Gasteiger charge is -2.15. The smallest absolute Gasteiger partial charge is 0.144 e. The van der Waals surface area contributed by atoms with E-state index in [0.29, 0.717) is 6.42 Å². The van der Waals surface area contributed by atoms with Crippen molar-refractivity contribution in [1.29, 1.82) is 0 Å². The Labute approximate surface area is 78.1 Å². The van der Waals surface area contributed by atoms with Gasteiger partial charge in [-0.3, -0.25) is 4.79 Å². The predicted molar refractivity (Wildman–Crippen MR) is 49.4 cm³/mol. The van der Waals surface area contributed by atoms with E-state index in [-0.39, 0.29) is 11.2 Å². The van der Waals surface area contributed by atoms with E-state index < -0.39 is 0 Å². The van der Waals surface area contributed by atoms with E-state index in [2.05, 4.69) is 5.16 Å². The molecular weight excluding hydrogens is 166 g/mol. The third kappa shape index (κ3) is 2.41. The molecule has 0 fully saturated rings. The molecule has 0 spiro atoms. The summed E-state index contributed by atoms with van der Waals surface area (Å²) < 4.78 is 4.76. The average molecular weight is 181 g/mol. The van der Waals surface area contributed by atoms with Gasteiger partial charge in [0.1, 0.15) is 12.0 Å². The van der Waals surface area contributed by atoms with Crippen LogP contribution in [0.3, 0.4) is 0 Å². The van der Waals surface area contributed by atoms with Gasteiger partial charge in [0.15, 0.2) is 0 Å². The Morgan fingerprint density at radius 2 is 2.15 bits per heavy atom. The molecule has 1 aromatic heterocycles. The summed E-state index contributed by atoms with van der Waals surface area (Å²) in [6, 6.07) is 0. The van der Waals surface area contributed by atoms with Crippen LogP contribution in [0.15, 0.2) is 10.8 Å². The summed E-state index contributed by atoms with van der Waals surface area (Å²) in [5, 5.41) is 3.77. The maximum atomic E-state index is 11.6. The number of hydrogen-bond donors (Lipinski definition) is 0. The molecule has 3 nitrogen and oxygen atoms in total. The summed E-state index contributed by atoms with van der Waals surface area (Å²) in [5.74, 6) is 0.185. The molecule has 3 heteroatoms. The highest BCUT2D eigenvalue weighted by molar-refractivity contribution is 5.85. The SMILES string of the molecule is Cc1conc1CC(=O)C(C)(C)C. The highest BCUT2D eigenvalue weighted by Crippen LogP contribution is 2.18. The second-order valence-corrected chi connectivity index (χ2v) is 4.29. The van der Waals surface area contributed by atoms with E-state index in [1.54, 1.807) is 6.26 Å². The monoisotopic (exact) mass is 181 g/mol. The van der Waals surface area contributed by atoms with Crippen LogP contribution in [0.1, 0.15) is 32.0 Å². The summed E-state index contributed by atoms with van der Waals surface area (Å²) >= 11 is 0. The Balaban J connectivity index is 2.71. The fourth-order valence-corrected chi connectivity index (χ4v) is 0.898. The van der Waals surface area contributed by atoms with Crippen LogP contribution in [0.2, 0.25) is 0 Å². The molecule has 0 unspecified atom stereocenters. The lowest BCUT2D eigenvalue weighted by atomic mass is 9.88. The number of hydrogen-bond acceptors (Lipinski definition) is 3. The molecule has 0 saturated carbocycles. The van der Waals surface area contributed by atoms with Gasteiger partial charge in [-0.1, -0.05) is 25.9 Å². The van der Waals surface area contributed by atoms with Gasteiger partial charge in [0, 0.05) is 11.0 Å². The van der Waals surface area contributed by atoms with Crippen LogP contribution < -0.4 is 0 Å². The predicted octanol–water partition coefficient (Wildman–Crippen LogP) is 2.14. The summed E-state index contributed by atoms with van der Waals surface area (Å²) in [6.45, 7) is 7.61. The van der Waals surface area contributed by atoms with Crippen molar-refractivity contribution in [1.82, 2.24) is 5.16 Å². The Morgan fingerprint density at radius 1 is 1.54 bits per heavy atom. The lowest BCUT2D eigenvalue weighted by Crippen LogP contribution is -2.22. The fourth-order valence-electron chi connectivity index (χ4n) is 0.898. The average Bonchev–Trinajstić information content (AvgIpc) is 2.34. The highest BCUT2D eigenvalue weighted by atomic mass is 16.5. The number of aromatic nitrogens is 1. The Kier molecular flexibility index (Phi) is 2.55. The second-order valence-electron chi connectivity index (χ2n) is 4.29. The molecule has 1 aromatic rings. The summed E-state index contributed by atoms with van der Waals surface area (Å²) in [4.78, 5) is 11.6. The first-order valence-electron chi connectivity index (χ1n) is 4.34. The fraction of sp³-hybridized carbons (Fsp3) is 0.600. The molecule has 0 bridgehead atoms. The first-order valence-corrected chi connectivity index (χ1v) is 4.34. The first kappa shape index (κ1) is 9.96. The van der Waals surface area contributed by atoms with Crippen molar-refractivity contribution in [3.63, 3.8) is 0 Å². The molecule has 0 aromatic carbocycles. The van der Waals surface area contributed by atoms with E-state index in [1.165, 1.54) is 0 Å². The quantitative estimate of drug-likeness (QED) is 0.702. The second kappa shape index (κ2) is 3.32. The van der Waals surface area contributed by atoms with Crippen molar-refractivity contribution in [2.24, 2.45) is 5.41 Å². The summed E-state index contributed by atoms with van der Waals surface area (Å²) in [6.07, 6.45) is 1.93. The van der Waals surface area contributed by atoms with E-state index in [4.69, 9.17) is 4.52 Å². The minimum absolute atomic E-state index is 0.185. The van der Waals surface area contributed by atoms with Gasteiger partial charge in [0.25, 0.3) is 0 Å². The van der Waals surface area contributed by atoms with Crippen LogP contribution in [-0.2, 0) is 11.2 Å². The van der Waals surface area contributed by atoms with Crippen molar-refractivity contribution >= 4 is 5.78 Å². The molecule has 0 saturated heterocycles. The van der Waals surface area contributed by atoms with E-state index in [1.807, 2.05) is 27.7 Å². The number of nitrogens with zero attached hydrogens (tertiary/aromatic N) is 1. The molecule has 0 aliphatic carbocycles. The molecule has 1 rings (SSSR count). The van der Waals surface area contributed by atoms with Gasteiger partial charge in [-0.2, -0.15) is 0 Å². The molecule has 0 radical (unpaired) electrons. The molecule has 0 aliphatic rings. The maximum absolute atomic E-state index is 11.6. The van der Waals surface area contributed by atoms with Crippen LogP contribution in [0.5, 0.6) is 0 Å². The zero-order chi connectivity index (χ0) is 10.1. The summed E-state index contributed by atoms with van der Waals surface area (Å²) in [5.41, 5.74) is 1.39. The highest BCUT2D eigenvalue weighted by Gasteiger charge is 2.22. The Morgan fingerprint density at radius 3 is 2.54 bits per heavy atom. The normalized spacial score (nSPS) is 11.7. The zero-order valence-corrected chi connectivity index (χ0v) is 8.55. The Hall–Kier alpha value is -1.12. The van der Waals surface area contributed by atoms with Crippen LogP contribution >= 0.6 is 0 Å². The molecule has 0 atom stereocenters. The van der Waals surface area contributed by atoms with Crippen LogP contribution in [-0.4, -0.2) is 10.9 Å². The number of Topliss-reactive ketones (excluding diaryl/α,β-unsaturated/α-hetero) is 1. The van der Waals surface area contributed by atoms with Crippen molar-refractivity contribution in [3.05, 3.63) is 17.5 Å². The number of rotatable bonds is 2. The zero-order valence-electron chi connectivity index (χ0n) is 8.55. The third-order valence-electron chi connectivity index (χ3n) is 2.01. The molecule has 0 amide bonds. The molecule has 0 aliphatic heterocycles. The minimum atomic E-state index is -0.300. The molecule has 1 heterocycles. The number of ketones is 1. The van der Waals surface area contributed by atoms with E-state index >= 15 is 0 Å². The third-order valence-corrected chi connectivity index (χ3v) is 2.01. The molecule has 0 N–H and O–H groups in total. The molecular formula is C10H15NO2. The maximum Gasteiger partial charge on any atom is 0.144 e. The molecule has 13 heavy (non-hydrogen) atoms. The standard InChI is InChI=1S/C10H15NO2/c1-7-6-13-11-8(7)5-9(12)10(2,3)4/h6H,5H2,1-4H3. The van der Waals surface area contributed by atoms with Crippen LogP contribution in [0, 0.1) is 12.3 Å². The van der Waals surface area contributed by atoms with Gasteiger partial charge >= 0.3 is 0 Å². The van der Waals surface area contributed by atoms with Gasteiger partial charge in [0.2, 0.25) is 0 Å². The largest absolute Gasteiger partial charge is 0.364 e. The van der Waals surface area contributed by atoms with E-state index in [9.17, 15) is 4.79 Å². The van der Waals surface area contributed by atoms with Crippen molar-refractivity contribution in [3.8, 4) is 0 Å². The van der Waals surface area contributed by atoms with Gasteiger partial charge in [0.05, 0.1) is 12.1 Å². The Bertz CT molecular complexity index is 307. The minimum Gasteiger partial charge on any atom is -0.364 e. The van der Waals surface area contributed by atoms with Crippen LogP contribution in [0.25, 0.3) is 0 Å². The summed E-state index contributed by atoms with van der Waals surface area (Å²) in [7, 11) is 0. The number of aryl methyl sites for hydroxylation is 1. The lowest BCUT2D eigenvalue weighted by molar-refractivity contribution is -0.125. The van der Waals surface area contributed by atoms with Crippen molar-refractivity contribution in [2.75, 3.05) is 0 Å². The van der Waals surface area contributed by atoms with Gasteiger partial charge < -0.3 is 4.52 Å². The van der Waals surface area contributed by atoms with Crippen molar-refractivity contribution in [2.45, 2.75) is 34.1 Å².